The second-order valence-corrected chi connectivity index (χ2v) is 3.03. The van der Waals surface area contributed by atoms with E-state index in [1.54, 1.807) is 0 Å². The Bertz CT molecular complexity index is 420. The molecule has 1 fully saturated rings. The third kappa shape index (κ3) is 1.87. The normalized spacial score (nSPS) is 15.9. The fourth-order valence-electron chi connectivity index (χ4n) is 1.29. The lowest BCUT2D eigenvalue weighted by Crippen LogP contribution is -2.41. The minimum Gasteiger partial charge on any atom is -0.252 e. The molecule has 1 heterocycles. The average Bonchev–Trinajstić information content (AvgIpc) is 2.64. The minimum atomic E-state index is -4.48. The van der Waals surface area contributed by atoms with Gasteiger partial charge in [0.25, 0.3) is 0 Å². The number of hydrogen-bond donors (Lipinski definition) is 3. The number of para-hydroxylation sites is 1. The Kier molecular flexibility index (Phi) is 2.35. The highest BCUT2D eigenvalue weighted by Gasteiger charge is 2.36. The van der Waals surface area contributed by atoms with Crippen LogP contribution in [0, 0.1) is 0 Å². The lowest BCUT2D eigenvalue weighted by atomic mass is 10.2. The number of nitrogens with zero attached hydrogens (tertiary/aromatic N) is 1. The monoisotopic (exact) mass is 232 g/mol. The zero-order valence-electron chi connectivity index (χ0n) is 7.80. The molecule has 0 spiro atoms. The zero-order valence-corrected chi connectivity index (χ0v) is 7.80. The molecular weight excluding hydrogens is 225 g/mol. The van der Waals surface area contributed by atoms with Crippen LogP contribution in [0.5, 0.6) is 0 Å². The van der Waals surface area contributed by atoms with E-state index in [1.165, 1.54) is 18.2 Å². The molecule has 2 amide bonds. The molecule has 86 valence electrons. The second kappa shape index (κ2) is 3.56. The van der Waals surface area contributed by atoms with Gasteiger partial charge in [0.15, 0.2) is 0 Å². The summed E-state index contributed by atoms with van der Waals surface area (Å²) in [6.07, 6.45) is -4.48. The average molecular weight is 232 g/mol. The van der Waals surface area contributed by atoms with Crippen LogP contribution in [-0.4, -0.2) is 6.03 Å². The molecule has 3 N–H and O–H groups in total. The van der Waals surface area contributed by atoms with Gasteiger partial charge in [0.1, 0.15) is 0 Å². The summed E-state index contributed by atoms with van der Waals surface area (Å²) in [5, 5.41) is 0.866. The summed E-state index contributed by atoms with van der Waals surface area (Å²) in [5.74, 6) is 0. The van der Waals surface area contributed by atoms with Gasteiger partial charge in [-0.15, -0.1) is 5.53 Å². The summed E-state index contributed by atoms with van der Waals surface area (Å²) in [6.45, 7) is 0. The van der Waals surface area contributed by atoms with Gasteiger partial charge in [0.2, 0.25) is 0 Å². The smallest absolute Gasteiger partial charge is 0.252 e. The van der Waals surface area contributed by atoms with E-state index in [0.717, 1.165) is 11.2 Å². The molecule has 0 atom stereocenters. The zero-order chi connectivity index (χ0) is 11.8. The van der Waals surface area contributed by atoms with Gasteiger partial charge in [-0.05, 0) is 12.1 Å². The Labute approximate surface area is 88.1 Å². The molecule has 16 heavy (non-hydrogen) atoms. The molecule has 0 aromatic heterocycles. The number of amides is 2. The van der Waals surface area contributed by atoms with Crippen molar-refractivity contribution in [3.05, 3.63) is 29.8 Å². The van der Waals surface area contributed by atoms with Gasteiger partial charge in [-0.2, -0.15) is 18.3 Å². The van der Waals surface area contributed by atoms with E-state index in [0.29, 0.717) is 0 Å². The Morgan fingerprint density at radius 3 is 2.44 bits per heavy atom. The molecule has 0 radical (unpaired) electrons. The fraction of sp³-hybridized carbons (Fsp3) is 0.125. The first-order valence-corrected chi connectivity index (χ1v) is 4.27. The van der Waals surface area contributed by atoms with Crippen molar-refractivity contribution in [2.45, 2.75) is 6.18 Å². The minimum absolute atomic E-state index is 0.187. The number of hydrazine groups is 3. The van der Waals surface area contributed by atoms with Gasteiger partial charge >= 0.3 is 12.2 Å². The first-order valence-electron chi connectivity index (χ1n) is 4.27. The SMILES string of the molecule is O=C1NNN(c2ccccc2C(F)(F)F)N1. The molecule has 0 saturated carbocycles. The predicted molar refractivity (Wildman–Crippen MR) is 48.7 cm³/mol. The topological polar surface area (TPSA) is 56.4 Å². The van der Waals surface area contributed by atoms with Crippen LogP contribution in [0.4, 0.5) is 23.7 Å². The van der Waals surface area contributed by atoms with Crippen molar-refractivity contribution in [3.8, 4) is 0 Å². The van der Waals surface area contributed by atoms with Crippen LogP contribution >= 0.6 is 0 Å². The van der Waals surface area contributed by atoms with Crippen LogP contribution < -0.4 is 21.5 Å². The number of halogens is 3. The van der Waals surface area contributed by atoms with E-state index in [1.807, 2.05) is 0 Å². The van der Waals surface area contributed by atoms with Gasteiger partial charge < -0.3 is 0 Å². The molecule has 1 saturated heterocycles. The van der Waals surface area contributed by atoms with E-state index in [2.05, 4.69) is 16.4 Å². The second-order valence-electron chi connectivity index (χ2n) is 3.03. The number of alkyl halides is 3. The van der Waals surface area contributed by atoms with E-state index < -0.39 is 17.8 Å². The maximum absolute atomic E-state index is 12.6. The molecule has 5 nitrogen and oxygen atoms in total. The van der Waals surface area contributed by atoms with Crippen molar-refractivity contribution in [2.75, 3.05) is 5.12 Å². The Morgan fingerprint density at radius 1 is 1.19 bits per heavy atom. The van der Waals surface area contributed by atoms with Crippen LogP contribution in [0.25, 0.3) is 0 Å². The number of anilines is 1. The third-order valence-corrected chi connectivity index (χ3v) is 1.94. The maximum Gasteiger partial charge on any atom is 0.418 e. The molecule has 0 bridgehead atoms. The van der Waals surface area contributed by atoms with Gasteiger partial charge in [-0.3, -0.25) is 5.43 Å². The molecular formula is C8H7F3N4O. The van der Waals surface area contributed by atoms with Crippen LogP contribution in [0.2, 0.25) is 0 Å². The largest absolute Gasteiger partial charge is 0.418 e. The molecule has 8 heteroatoms. The molecule has 1 aromatic carbocycles. The number of urea groups is 1. The summed E-state index contributed by atoms with van der Waals surface area (Å²) in [5.41, 5.74) is 5.49. The molecule has 1 aliphatic rings. The highest BCUT2D eigenvalue weighted by Crippen LogP contribution is 2.35. The van der Waals surface area contributed by atoms with Crippen molar-refractivity contribution in [2.24, 2.45) is 0 Å². The quantitative estimate of drug-likeness (QED) is 0.681. The molecule has 2 rings (SSSR count). The highest BCUT2D eigenvalue weighted by molar-refractivity contribution is 5.78. The number of hydrogen-bond acceptors (Lipinski definition) is 3. The first-order chi connectivity index (χ1) is 7.48. The highest BCUT2D eigenvalue weighted by atomic mass is 19.4. The standard InChI is InChI=1S/C8H7F3N4O/c9-8(10,11)5-3-1-2-4-6(5)15-13-7(16)12-14-15/h1-4,14H,(H2,12,13,16). The lowest BCUT2D eigenvalue weighted by molar-refractivity contribution is -0.137. The van der Waals surface area contributed by atoms with Crippen molar-refractivity contribution < 1.29 is 18.0 Å². The Balaban J connectivity index is 2.37. The van der Waals surface area contributed by atoms with E-state index in [9.17, 15) is 18.0 Å². The summed E-state index contributed by atoms with van der Waals surface area (Å²) >= 11 is 0. The summed E-state index contributed by atoms with van der Waals surface area (Å²) < 4.78 is 37.8. The summed E-state index contributed by atoms with van der Waals surface area (Å²) in [6, 6.07) is 4.26. The van der Waals surface area contributed by atoms with E-state index >= 15 is 0 Å². The van der Waals surface area contributed by atoms with Crippen LogP contribution in [0.1, 0.15) is 5.56 Å². The summed E-state index contributed by atoms with van der Waals surface area (Å²) in [4.78, 5) is 10.8. The van der Waals surface area contributed by atoms with Crippen molar-refractivity contribution in [1.29, 1.82) is 0 Å². The van der Waals surface area contributed by atoms with Crippen molar-refractivity contribution >= 4 is 11.7 Å². The number of nitrogens with one attached hydrogen (secondary N) is 3. The number of rotatable bonds is 1. The van der Waals surface area contributed by atoms with Gasteiger partial charge in [0.05, 0.1) is 11.3 Å². The van der Waals surface area contributed by atoms with Crippen LogP contribution in [-0.2, 0) is 6.18 Å². The number of carbonyl (C=O) groups excluding carboxylic acids is 1. The van der Waals surface area contributed by atoms with Crippen molar-refractivity contribution in [3.63, 3.8) is 0 Å². The third-order valence-electron chi connectivity index (χ3n) is 1.94. The van der Waals surface area contributed by atoms with Gasteiger partial charge in [0, 0.05) is 0 Å². The van der Waals surface area contributed by atoms with Gasteiger partial charge in [-0.1, -0.05) is 12.1 Å². The predicted octanol–water partition coefficient (Wildman–Crippen LogP) is 1.16. The van der Waals surface area contributed by atoms with Crippen molar-refractivity contribution in [1.82, 2.24) is 16.4 Å². The molecule has 0 unspecified atom stereocenters. The molecule has 0 aliphatic carbocycles. The van der Waals surface area contributed by atoms with Crippen LogP contribution in [0.15, 0.2) is 24.3 Å². The number of carbonyl (C=O) groups is 1. The van der Waals surface area contributed by atoms with Crippen LogP contribution in [0.3, 0.4) is 0 Å². The van der Waals surface area contributed by atoms with E-state index in [4.69, 9.17) is 0 Å². The molecule has 1 aromatic rings. The maximum atomic E-state index is 12.6. The Morgan fingerprint density at radius 2 is 1.88 bits per heavy atom. The fourth-order valence-corrected chi connectivity index (χ4v) is 1.29. The first kappa shape index (κ1) is 10.6. The number of benzene rings is 1. The van der Waals surface area contributed by atoms with Gasteiger partial charge in [-0.25, -0.2) is 10.2 Å². The summed E-state index contributed by atoms with van der Waals surface area (Å²) in [7, 11) is 0. The molecule has 1 aliphatic heterocycles. The van der Waals surface area contributed by atoms with E-state index in [-0.39, 0.29) is 5.69 Å². The Hall–Kier alpha value is -1.96. The lowest BCUT2D eigenvalue weighted by Gasteiger charge is -2.20.